The van der Waals surface area contributed by atoms with Gasteiger partial charge in [0, 0.05) is 27.8 Å². The van der Waals surface area contributed by atoms with Crippen LogP contribution in [0.25, 0.3) is 76.9 Å². The van der Waals surface area contributed by atoms with Gasteiger partial charge in [-0.05, 0) is 116 Å². The molecule has 0 N–H and O–H groups in total. The fourth-order valence-corrected chi connectivity index (χ4v) is 7.59. The summed E-state index contributed by atoms with van der Waals surface area (Å²) < 4.78 is 6.40. The van der Waals surface area contributed by atoms with Crippen molar-refractivity contribution in [2.75, 3.05) is 4.90 Å². The Balaban J connectivity index is 1.02. The molecule has 0 unspecified atom stereocenters. The van der Waals surface area contributed by atoms with Gasteiger partial charge in [-0.15, -0.1) is 0 Å². The summed E-state index contributed by atoms with van der Waals surface area (Å²) in [5.41, 5.74) is 12.2. The number of rotatable bonds is 6. The molecule has 2 nitrogen and oxygen atoms in total. The van der Waals surface area contributed by atoms with Crippen molar-refractivity contribution < 1.29 is 4.42 Å². The van der Waals surface area contributed by atoms with Crippen LogP contribution >= 0.6 is 0 Å². The highest BCUT2D eigenvalue weighted by Crippen LogP contribution is 2.39. The van der Waals surface area contributed by atoms with Gasteiger partial charge < -0.3 is 9.32 Å². The Morgan fingerprint density at radius 3 is 1.48 bits per heavy atom. The fraction of sp³-hybridized carbons (Fsp3) is 0. The van der Waals surface area contributed by atoms with E-state index in [9.17, 15) is 0 Å². The van der Waals surface area contributed by atoms with E-state index in [0.29, 0.717) is 0 Å². The van der Waals surface area contributed by atoms with E-state index in [4.69, 9.17) is 4.42 Å². The van der Waals surface area contributed by atoms with E-state index >= 15 is 0 Å². The molecule has 0 saturated carbocycles. The maximum atomic E-state index is 6.40. The Labute approximate surface area is 302 Å². The summed E-state index contributed by atoms with van der Waals surface area (Å²) >= 11 is 0. The molecule has 52 heavy (non-hydrogen) atoms. The molecule has 0 aliphatic rings. The number of hydrogen-bond acceptors (Lipinski definition) is 2. The first-order chi connectivity index (χ1) is 25.7. The Kier molecular flexibility index (Phi) is 7.18. The van der Waals surface area contributed by atoms with Crippen molar-refractivity contribution in [2.45, 2.75) is 0 Å². The lowest BCUT2D eigenvalue weighted by Gasteiger charge is -2.26. The Bertz CT molecular complexity index is 2860. The smallest absolute Gasteiger partial charge is 0.136 e. The summed E-state index contributed by atoms with van der Waals surface area (Å²) in [4.78, 5) is 2.33. The van der Waals surface area contributed by atoms with E-state index in [0.717, 1.165) is 50.1 Å². The third-order valence-corrected chi connectivity index (χ3v) is 10.3. The normalized spacial score (nSPS) is 11.5. The first-order valence-corrected chi connectivity index (χ1v) is 17.7. The highest BCUT2D eigenvalue weighted by Gasteiger charge is 2.15. The number of anilines is 3. The Morgan fingerprint density at radius 2 is 0.788 bits per heavy atom. The van der Waals surface area contributed by atoms with Crippen molar-refractivity contribution >= 4 is 60.5 Å². The Morgan fingerprint density at radius 1 is 0.288 bits per heavy atom. The molecule has 0 bridgehead atoms. The molecular formula is C50H33NO. The van der Waals surface area contributed by atoms with E-state index in [1.54, 1.807) is 0 Å². The number of nitrogens with zero attached hydrogens (tertiary/aromatic N) is 1. The summed E-state index contributed by atoms with van der Waals surface area (Å²) in [7, 11) is 0. The maximum Gasteiger partial charge on any atom is 0.136 e. The summed E-state index contributed by atoms with van der Waals surface area (Å²) in [6.45, 7) is 0. The third-order valence-electron chi connectivity index (χ3n) is 10.3. The van der Waals surface area contributed by atoms with E-state index in [2.05, 4.69) is 205 Å². The van der Waals surface area contributed by atoms with Crippen LogP contribution in [0.15, 0.2) is 205 Å². The standard InChI is InChI=1S/C50H33NO/c1-2-9-34(10-3-1)35-17-24-42(25-18-35)51(44-28-21-38(22-29-44)46-16-8-14-37-11-6-7-15-45(37)46)43-26-19-36(20-27-43)41-23-30-47-48-31-39-12-4-5-13-40(39)32-50(48)52-49(47)33-41/h1-33H. The fourth-order valence-electron chi connectivity index (χ4n) is 7.59. The summed E-state index contributed by atoms with van der Waals surface area (Å²) in [5, 5.41) is 7.20. The zero-order valence-corrected chi connectivity index (χ0v) is 28.4. The van der Waals surface area contributed by atoms with Gasteiger partial charge >= 0.3 is 0 Å². The number of furan rings is 1. The lowest BCUT2D eigenvalue weighted by molar-refractivity contribution is 0.669. The minimum atomic E-state index is 0.901. The second-order valence-electron chi connectivity index (χ2n) is 13.4. The van der Waals surface area contributed by atoms with Crippen molar-refractivity contribution in [3.05, 3.63) is 200 Å². The predicted octanol–water partition coefficient (Wildman–Crippen LogP) is 14.4. The second kappa shape index (κ2) is 12.5. The van der Waals surface area contributed by atoms with E-state index < -0.39 is 0 Å². The van der Waals surface area contributed by atoms with Gasteiger partial charge in [0.15, 0.2) is 0 Å². The van der Waals surface area contributed by atoms with E-state index in [-0.39, 0.29) is 0 Å². The first-order valence-electron chi connectivity index (χ1n) is 17.7. The molecule has 1 heterocycles. The zero-order valence-electron chi connectivity index (χ0n) is 28.4. The van der Waals surface area contributed by atoms with Crippen LogP contribution in [0.4, 0.5) is 17.1 Å². The topological polar surface area (TPSA) is 16.4 Å². The number of hydrogen-bond donors (Lipinski definition) is 0. The summed E-state index contributed by atoms with van der Waals surface area (Å²) in [6.07, 6.45) is 0. The molecule has 0 saturated heterocycles. The maximum absolute atomic E-state index is 6.40. The quantitative estimate of drug-likeness (QED) is 0.176. The molecule has 0 spiro atoms. The van der Waals surface area contributed by atoms with E-state index in [1.165, 1.54) is 43.8 Å². The molecule has 0 fully saturated rings. The average molecular weight is 664 g/mol. The average Bonchev–Trinajstić information content (AvgIpc) is 3.57. The van der Waals surface area contributed by atoms with Crippen LogP contribution < -0.4 is 4.90 Å². The van der Waals surface area contributed by atoms with Gasteiger partial charge in [-0.2, -0.15) is 0 Å². The summed E-state index contributed by atoms with van der Waals surface area (Å²) in [6, 6.07) is 71.7. The van der Waals surface area contributed by atoms with Gasteiger partial charge in [-0.25, -0.2) is 0 Å². The molecule has 244 valence electrons. The van der Waals surface area contributed by atoms with Crippen LogP contribution in [0, 0.1) is 0 Å². The summed E-state index contributed by atoms with van der Waals surface area (Å²) in [5.74, 6) is 0. The van der Waals surface area contributed by atoms with Crippen molar-refractivity contribution in [2.24, 2.45) is 0 Å². The largest absolute Gasteiger partial charge is 0.456 e. The van der Waals surface area contributed by atoms with Gasteiger partial charge in [0.2, 0.25) is 0 Å². The van der Waals surface area contributed by atoms with Crippen LogP contribution in [0.3, 0.4) is 0 Å². The molecule has 0 aliphatic heterocycles. The monoisotopic (exact) mass is 663 g/mol. The highest BCUT2D eigenvalue weighted by molar-refractivity contribution is 6.10. The first kappa shape index (κ1) is 30.0. The molecular weight excluding hydrogens is 631 g/mol. The molecule has 0 atom stereocenters. The second-order valence-corrected chi connectivity index (χ2v) is 13.4. The molecule has 0 aliphatic carbocycles. The van der Waals surface area contributed by atoms with Crippen LogP contribution in [-0.2, 0) is 0 Å². The molecule has 0 radical (unpaired) electrons. The van der Waals surface area contributed by atoms with Gasteiger partial charge in [0.25, 0.3) is 0 Å². The van der Waals surface area contributed by atoms with Gasteiger partial charge in [-0.1, -0.05) is 140 Å². The number of fused-ring (bicyclic) bond motifs is 5. The molecule has 2 heteroatoms. The number of benzene rings is 9. The molecule has 10 rings (SSSR count). The van der Waals surface area contributed by atoms with Crippen LogP contribution in [0.5, 0.6) is 0 Å². The van der Waals surface area contributed by atoms with Crippen molar-refractivity contribution in [3.63, 3.8) is 0 Å². The lowest BCUT2D eigenvalue weighted by atomic mass is 9.98. The van der Waals surface area contributed by atoms with Crippen molar-refractivity contribution in [1.82, 2.24) is 0 Å². The van der Waals surface area contributed by atoms with Gasteiger partial charge in [0.1, 0.15) is 11.2 Å². The zero-order chi connectivity index (χ0) is 34.4. The van der Waals surface area contributed by atoms with E-state index in [1.807, 2.05) is 0 Å². The van der Waals surface area contributed by atoms with Crippen molar-refractivity contribution in [3.8, 4) is 33.4 Å². The minimum absolute atomic E-state index is 0.901. The Hall–Kier alpha value is -6.90. The van der Waals surface area contributed by atoms with Crippen LogP contribution in [-0.4, -0.2) is 0 Å². The van der Waals surface area contributed by atoms with Crippen molar-refractivity contribution in [1.29, 1.82) is 0 Å². The van der Waals surface area contributed by atoms with Crippen LogP contribution in [0.2, 0.25) is 0 Å². The van der Waals surface area contributed by atoms with Gasteiger partial charge in [0.05, 0.1) is 0 Å². The third kappa shape index (κ3) is 5.30. The van der Waals surface area contributed by atoms with Crippen LogP contribution in [0.1, 0.15) is 0 Å². The van der Waals surface area contributed by atoms with Gasteiger partial charge in [-0.3, -0.25) is 0 Å². The minimum Gasteiger partial charge on any atom is -0.456 e. The predicted molar refractivity (Wildman–Crippen MR) is 220 cm³/mol. The molecule has 1 aromatic heterocycles. The molecule has 9 aromatic carbocycles. The SMILES string of the molecule is c1ccc(-c2ccc(N(c3ccc(-c4ccc5c(c4)oc4cc6ccccc6cc45)cc3)c3ccc(-c4cccc5ccccc45)cc3)cc2)cc1. The highest BCUT2D eigenvalue weighted by atomic mass is 16.3. The molecule has 10 aromatic rings. The molecule has 0 amide bonds. The lowest BCUT2D eigenvalue weighted by Crippen LogP contribution is -2.09.